The van der Waals surface area contributed by atoms with Gasteiger partial charge < -0.3 is 14.2 Å². The van der Waals surface area contributed by atoms with Gasteiger partial charge >= 0.3 is 11.9 Å². The van der Waals surface area contributed by atoms with Crippen LogP contribution in [0.1, 0.15) is 38.5 Å². The quantitative estimate of drug-likeness (QED) is 0.427. The third-order valence-corrected chi connectivity index (χ3v) is 3.03. The fourth-order valence-corrected chi connectivity index (χ4v) is 2.03. The molecule has 21 heavy (non-hydrogen) atoms. The molecule has 0 bridgehead atoms. The number of hydrogen-bond donors (Lipinski definition) is 0. The van der Waals surface area contributed by atoms with Crippen molar-refractivity contribution in [3.8, 4) is 0 Å². The van der Waals surface area contributed by atoms with Gasteiger partial charge in [0.25, 0.3) is 0 Å². The van der Waals surface area contributed by atoms with Crippen LogP contribution < -0.4 is 0 Å². The summed E-state index contributed by atoms with van der Waals surface area (Å²) < 4.78 is 15.0. The molecule has 5 nitrogen and oxygen atoms in total. The van der Waals surface area contributed by atoms with Crippen LogP contribution in [0.2, 0.25) is 0 Å². The second-order valence-corrected chi connectivity index (χ2v) is 4.71. The van der Waals surface area contributed by atoms with E-state index in [4.69, 9.17) is 14.2 Å². The van der Waals surface area contributed by atoms with Crippen LogP contribution in [0.3, 0.4) is 0 Å². The van der Waals surface area contributed by atoms with Crippen molar-refractivity contribution in [2.24, 2.45) is 0 Å². The molecule has 0 N–H and O–H groups in total. The molecule has 5 heteroatoms. The third-order valence-electron chi connectivity index (χ3n) is 3.03. The zero-order chi connectivity index (χ0) is 14.9. The van der Waals surface area contributed by atoms with E-state index in [9.17, 15) is 9.59 Å². The first-order valence-corrected chi connectivity index (χ1v) is 7.04. The van der Waals surface area contributed by atoms with Crippen LogP contribution in [0.15, 0.2) is 48.3 Å². The van der Waals surface area contributed by atoms with Crippen LogP contribution in [0.25, 0.3) is 0 Å². The van der Waals surface area contributed by atoms with Crippen LogP contribution >= 0.6 is 0 Å². The summed E-state index contributed by atoms with van der Waals surface area (Å²) in [6.07, 6.45) is 14.0. The molecule has 2 aliphatic carbocycles. The Morgan fingerprint density at radius 3 is 1.71 bits per heavy atom. The first-order chi connectivity index (χ1) is 10.2. The topological polar surface area (TPSA) is 61.8 Å². The van der Waals surface area contributed by atoms with Crippen molar-refractivity contribution in [1.29, 1.82) is 0 Å². The summed E-state index contributed by atoms with van der Waals surface area (Å²) >= 11 is 0. The molecule has 0 spiro atoms. The summed E-state index contributed by atoms with van der Waals surface area (Å²) in [4.78, 5) is 22.7. The van der Waals surface area contributed by atoms with Crippen LogP contribution in [-0.4, -0.2) is 11.9 Å². The van der Waals surface area contributed by atoms with Gasteiger partial charge in [-0.2, -0.15) is 0 Å². The van der Waals surface area contributed by atoms with Gasteiger partial charge in [-0.15, -0.1) is 0 Å². The Morgan fingerprint density at radius 1 is 0.857 bits per heavy atom. The second-order valence-electron chi connectivity index (χ2n) is 4.71. The molecular formula is C16H18O5. The van der Waals surface area contributed by atoms with Gasteiger partial charge in [0.15, 0.2) is 0 Å². The van der Waals surface area contributed by atoms with Crippen molar-refractivity contribution in [3.63, 3.8) is 0 Å². The minimum absolute atomic E-state index is 0.491. The molecule has 0 aromatic carbocycles. The highest BCUT2D eigenvalue weighted by Gasteiger charge is 2.09. The molecule has 0 amide bonds. The number of allylic oxidation sites excluding steroid dienone is 4. The molecule has 0 aliphatic heterocycles. The Kier molecular flexibility index (Phi) is 5.82. The van der Waals surface area contributed by atoms with E-state index in [1.807, 2.05) is 12.2 Å². The number of rotatable bonds is 6. The Morgan fingerprint density at radius 2 is 1.33 bits per heavy atom. The number of ether oxygens (including phenoxy) is 3. The minimum atomic E-state index is -0.491. The lowest BCUT2D eigenvalue weighted by Gasteiger charge is -2.00. The van der Waals surface area contributed by atoms with E-state index < -0.39 is 11.9 Å². The summed E-state index contributed by atoms with van der Waals surface area (Å²) in [5.41, 5.74) is 0. The maximum absolute atomic E-state index is 11.4. The first-order valence-electron chi connectivity index (χ1n) is 7.04. The number of carbonyl (C=O) groups excluding carboxylic acids is 2. The molecule has 2 rings (SSSR count). The van der Waals surface area contributed by atoms with Gasteiger partial charge in [0.2, 0.25) is 0 Å². The number of hydrogen-bond acceptors (Lipinski definition) is 5. The minimum Gasteiger partial charge on any atom is -0.472 e. The summed E-state index contributed by atoms with van der Waals surface area (Å²) in [5, 5.41) is 0. The van der Waals surface area contributed by atoms with Crippen molar-refractivity contribution in [2.45, 2.75) is 38.5 Å². The van der Waals surface area contributed by atoms with Crippen molar-refractivity contribution in [3.05, 3.63) is 48.3 Å². The molecule has 0 atom stereocenters. The van der Waals surface area contributed by atoms with E-state index in [0.717, 1.165) is 63.2 Å². The molecule has 0 heterocycles. The van der Waals surface area contributed by atoms with Crippen molar-refractivity contribution < 1.29 is 23.8 Å². The van der Waals surface area contributed by atoms with E-state index in [0.29, 0.717) is 11.5 Å². The van der Waals surface area contributed by atoms with Gasteiger partial charge in [-0.1, -0.05) is 0 Å². The van der Waals surface area contributed by atoms with E-state index in [-0.39, 0.29) is 0 Å². The van der Waals surface area contributed by atoms with Crippen LogP contribution in [0.4, 0.5) is 0 Å². The van der Waals surface area contributed by atoms with Gasteiger partial charge in [-0.05, 0) is 37.8 Å². The monoisotopic (exact) mass is 290 g/mol. The molecule has 0 fully saturated rings. The maximum Gasteiger partial charge on any atom is 0.338 e. The van der Waals surface area contributed by atoms with Gasteiger partial charge in [-0.25, -0.2) is 9.59 Å². The normalized spacial score (nSPS) is 17.9. The van der Waals surface area contributed by atoms with Crippen molar-refractivity contribution in [1.82, 2.24) is 0 Å². The summed E-state index contributed by atoms with van der Waals surface area (Å²) in [6, 6.07) is 0. The molecular weight excluding hydrogens is 272 g/mol. The predicted octanol–water partition coefficient (Wildman–Crippen LogP) is 3.25. The first kappa shape index (κ1) is 15.1. The molecule has 2 aliphatic rings. The van der Waals surface area contributed by atoms with E-state index in [1.54, 1.807) is 0 Å². The van der Waals surface area contributed by atoms with Gasteiger partial charge in [-0.3, -0.25) is 0 Å². The highest BCUT2D eigenvalue weighted by molar-refractivity contribution is 5.83. The Balaban J connectivity index is 1.63. The lowest BCUT2D eigenvalue weighted by molar-refractivity contribution is -0.134. The van der Waals surface area contributed by atoms with E-state index in [2.05, 4.69) is 0 Å². The summed E-state index contributed by atoms with van der Waals surface area (Å²) in [7, 11) is 0. The van der Waals surface area contributed by atoms with Crippen LogP contribution in [0, 0.1) is 0 Å². The zero-order valence-electron chi connectivity index (χ0n) is 11.7. The standard InChI is InChI=1S/C16H18O5/c17-15(20-13-5-1-2-6-13)9-11-19-12-10-16(18)21-14-7-3-4-8-14/h5,7,9-12H,1-4,6,8H2. The smallest absolute Gasteiger partial charge is 0.338 e. The molecule has 0 radical (unpaired) electrons. The second kappa shape index (κ2) is 8.09. The highest BCUT2D eigenvalue weighted by Crippen LogP contribution is 2.19. The summed E-state index contributed by atoms with van der Waals surface area (Å²) in [5.74, 6) is 0.424. The van der Waals surface area contributed by atoms with E-state index >= 15 is 0 Å². The van der Waals surface area contributed by atoms with E-state index in [1.165, 1.54) is 0 Å². The molecule has 112 valence electrons. The number of esters is 2. The number of carbonyl (C=O) groups is 2. The van der Waals surface area contributed by atoms with Crippen molar-refractivity contribution in [2.75, 3.05) is 0 Å². The predicted molar refractivity (Wildman–Crippen MR) is 75.4 cm³/mol. The Labute approximate surface area is 123 Å². The largest absolute Gasteiger partial charge is 0.472 e. The Hall–Kier alpha value is -2.30. The van der Waals surface area contributed by atoms with Crippen LogP contribution in [-0.2, 0) is 23.8 Å². The Bertz CT molecular complexity index is 465. The zero-order valence-corrected chi connectivity index (χ0v) is 11.7. The molecule has 0 saturated carbocycles. The molecule has 0 aromatic rings. The van der Waals surface area contributed by atoms with Gasteiger partial charge in [0.1, 0.15) is 11.5 Å². The van der Waals surface area contributed by atoms with Crippen LogP contribution in [0.5, 0.6) is 0 Å². The van der Waals surface area contributed by atoms with Gasteiger partial charge in [0, 0.05) is 12.8 Å². The fraction of sp³-hybridized carbons (Fsp3) is 0.375. The SMILES string of the molecule is O=C(C=COC=CC(=O)OC1=CCCC1)OC1=CCCC1. The summed E-state index contributed by atoms with van der Waals surface area (Å²) in [6.45, 7) is 0. The van der Waals surface area contributed by atoms with Crippen molar-refractivity contribution >= 4 is 11.9 Å². The average molecular weight is 290 g/mol. The lowest BCUT2D eigenvalue weighted by atomic mass is 10.4. The highest BCUT2D eigenvalue weighted by atomic mass is 16.5. The third kappa shape index (κ3) is 5.69. The van der Waals surface area contributed by atoms with Gasteiger partial charge in [0.05, 0.1) is 24.7 Å². The molecule has 0 saturated heterocycles. The molecule has 0 aromatic heterocycles. The maximum atomic E-state index is 11.4. The lowest BCUT2D eigenvalue weighted by Crippen LogP contribution is -1.99. The average Bonchev–Trinajstić information content (AvgIpc) is 3.12. The fourth-order valence-electron chi connectivity index (χ4n) is 2.03. The molecule has 0 unspecified atom stereocenters.